The standard InChI is InChI=1S/C35H60O3.2CH4/c1-25(2)10-7-11-26(3)31-16-17-32-30-15-14-27-24-29(38-23-9-13-28(36)12-8-22-37-6)18-20-34(27,4)33(30)19-21-35(31,32)5;;/h14,25-26,29-33H,7-13,15-24H2,1-6H3;2*1H4/t26-,29+,30+,31-,32+,33+,34+,35-;;/m0../s1. The fraction of sp³-hybridized carbons (Fsp3) is 0.919. The lowest BCUT2D eigenvalue weighted by molar-refractivity contribution is -0.119. The van der Waals surface area contributed by atoms with Gasteiger partial charge in [0, 0.05) is 33.2 Å². The highest BCUT2D eigenvalue weighted by Crippen LogP contribution is 2.67. The van der Waals surface area contributed by atoms with Gasteiger partial charge in [-0.15, -0.1) is 0 Å². The second kappa shape index (κ2) is 15.7. The average Bonchev–Trinajstić information content (AvgIpc) is 3.24. The Balaban J connectivity index is 0.00000280. The first-order chi connectivity index (χ1) is 18.2. The van der Waals surface area contributed by atoms with Gasteiger partial charge in [-0.1, -0.05) is 80.4 Å². The van der Waals surface area contributed by atoms with Crippen molar-refractivity contribution in [3.63, 3.8) is 0 Å². The summed E-state index contributed by atoms with van der Waals surface area (Å²) in [7, 11) is 1.70. The number of allylic oxidation sites excluding steroid dienone is 1. The third-order valence-corrected chi connectivity index (χ3v) is 12.0. The van der Waals surface area contributed by atoms with Gasteiger partial charge in [0.25, 0.3) is 0 Å². The van der Waals surface area contributed by atoms with Gasteiger partial charge in [-0.2, -0.15) is 0 Å². The molecule has 4 aliphatic rings. The van der Waals surface area contributed by atoms with Crippen molar-refractivity contribution in [3.8, 4) is 0 Å². The van der Waals surface area contributed by atoms with Crippen LogP contribution in [0.5, 0.6) is 0 Å². The maximum atomic E-state index is 12.0. The predicted molar refractivity (Wildman–Crippen MR) is 172 cm³/mol. The largest absolute Gasteiger partial charge is 0.385 e. The summed E-state index contributed by atoms with van der Waals surface area (Å²) in [6.07, 6.45) is 21.0. The van der Waals surface area contributed by atoms with Crippen molar-refractivity contribution in [2.75, 3.05) is 20.3 Å². The van der Waals surface area contributed by atoms with E-state index in [-0.39, 0.29) is 14.9 Å². The Morgan fingerprint density at radius 1 is 0.925 bits per heavy atom. The monoisotopic (exact) mass is 561 g/mol. The Labute approximate surface area is 250 Å². The van der Waals surface area contributed by atoms with E-state index in [9.17, 15) is 4.79 Å². The number of ketones is 1. The molecule has 0 saturated heterocycles. The first-order valence-corrected chi connectivity index (χ1v) is 16.5. The van der Waals surface area contributed by atoms with Crippen LogP contribution >= 0.6 is 0 Å². The van der Waals surface area contributed by atoms with Crippen molar-refractivity contribution in [1.82, 2.24) is 0 Å². The summed E-state index contributed by atoms with van der Waals surface area (Å²) < 4.78 is 11.4. The van der Waals surface area contributed by atoms with Crippen molar-refractivity contribution < 1.29 is 14.3 Å². The molecule has 0 aromatic rings. The van der Waals surface area contributed by atoms with E-state index >= 15 is 0 Å². The molecule has 4 aliphatic carbocycles. The van der Waals surface area contributed by atoms with Crippen LogP contribution < -0.4 is 0 Å². The van der Waals surface area contributed by atoms with Crippen LogP contribution in [0.15, 0.2) is 11.6 Å². The summed E-state index contributed by atoms with van der Waals surface area (Å²) in [5.74, 6) is 5.73. The number of carbonyl (C=O) groups is 1. The van der Waals surface area contributed by atoms with Crippen molar-refractivity contribution in [1.29, 1.82) is 0 Å². The number of hydrogen-bond donors (Lipinski definition) is 0. The van der Waals surface area contributed by atoms with E-state index in [1.54, 1.807) is 12.7 Å². The van der Waals surface area contributed by atoms with Crippen LogP contribution in [-0.2, 0) is 14.3 Å². The fourth-order valence-corrected chi connectivity index (χ4v) is 9.85. The number of Topliss-reactive ketones (excluding diaryl/α,β-unsaturated/α-hetero) is 1. The minimum atomic E-state index is 0. The topological polar surface area (TPSA) is 35.5 Å². The first kappa shape index (κ1) is 35.5. The predicted octanol–water partition coefficient (Wildman–Crippen LogP) is 10.5. The molecule has 3 fully saturated rings. The molecule has 4 rings (SSSR count). The van der Waals surface area contributed by atoms with E-state index < -0.39 is 0 Å². The van der Waals surface area contributed by atoms with Gasteiger partial charge in [-0.25, -0.2) is 0 Å². The second-order valence-corrected chi connectivity index (χ2v) is 14.8. The molecule has 0 spiro atoms. The molecule has 0 radical (unpaired) electrons. The van der Waals surface area contributed by atoms with Gasteiger partial charge in [-0.3, -0.25) is 4.79 Å². The normalized spacial score (nSPS) is 35.5. The molecule has 234 valence electrons. The van der Waals surface area contributed by atoms with Gasteiger partial charge in [0.2, 0.25) is 0 Å². The lowest BCUT2D eigenvalue weighted by Gasteiger charge is -2.58. The molecular weight excluding hydrogens is 492 g/mol. The maximum Gasteiger partial charge on any atom is 0.133 e. The van der Waals surface area contributed by atoms with E-state index in [1.165, 1.54) is 64.2 Å². The van der Waals surface area contributed by atoms with Crippen LogP contribution in [0.1, 0.15) is 146 Å². The number of fused-ring (bicyclic) bond motifs is 5. The van der Waals surface area contributed by atoms with E-state index in [2.05, 4.69) is 40.7 Å². The van der Waals surface area contributed by atoms with Gasteiger partial charge < -0.3 is 9.47 Å². The molecule has 3 nitrogen and oxygen atoms in total. The van der Waals surface area contributed by atoms with E-state index in [0.29, 0.717) is 42.2 Å². The van der Waals surface area contributed by atoms with Gasteiger partial charge in [0.15, 0.2) is 0 Å². The Kier molecular flexibility index (Phi) is 13.9. The molecule has 0 N–H and O–H groups in total. The number of ether oxygens (including phenoxy) is 2. The lowest BCUT2D eigenvalue weighted by atomic mass is 9.47. The summed E-state index contributed by atoms with van der Waals surface area (Å²) in [5, 5.41) is 0. The van der Waals surface area contributed by atoms with E-state index in [0.717, 1.165) is 61.4 Å². The Bertz CT molecular complexity index is 801. The molecule has 0 unspecified atom stereocenters. The molecule has 0 aliphatic heterocycles. The molecule has 0 amide bonds. The summed E-state index contributed by atoms with van der Waals surface area (Å²) in [6, 6.07) is 0. The fourth-order valence-electron chi connectivity index (χ4n) is 9.85. The molecule has 40 heavy (non-hydrogen) atoms. The van der Waals surface area contributed by atoms with Crippen LogP contribution in [0.3, 0.4) is 0 Å². The molecule has 0 aromatic heterocycles. The number of hydrogen-bond acceptors (Lipinski definition) is 3. The molecule has 8 atom stereocenters. The molecule has 3 saturated carbocycles. The van der Waals surface area contributed by atoms with Crippen molar-refractivity contribution in [3.05, 3.63) is 11.6 Å². The zero-order valence-corrected chi connectivity index (χ0v) is 25.9. The quantitative estimate of drug-likeness (QED) is 0.157. The van der Waals surface area contributed by atoms with Gasteiger partial charge in [0.05, 0.1) is 6.10 Å². The number of carbonyl (C=O) groups excluding carboxylic acids is 1. The van der Waals surface area contributed by atoms with Crippen LogP contribution in [0.4, 0.5) is 0 Å². The zero-order valence-electron chi connectivity index (χ0n) is 25.9. The summed E-state index contributed by atoms with van der Waals surface area (Å²) in [6.45, 7) is 14.1. The summed E-state index contributed by atoms with van der Waals surface area (Å²) >= 11 is 0. The van der Waals surface area contributed by atoms with Gasteiger partial charge in [0.1, 0.15) is 5.78 Å². The van der Waals surface area contributed by atoms with Crippen LogP contribution in [-0.4, -0.2) is 32.2 Å². The highest BCUT2D eigenvalue weighted by atomic mass is 16.5. The lowest BCUT2D eigenvalue weighted by Crippen LogP contribution is -2.51. The molecule has 3 heteroatoms. The molecule has 0 bridgehead atoms. The number of rotatable bonds is 14. The Morgan fingerprint density at radius 2 is 1.65 bits per heavy atom. The van der Waals surface area contributed by atoms with E-state index in [4.69, 9.17) is 9.47 Å². The maximum absolute atomic E-state index is 12.0. The highest BCUT2D eigenvalue weighted by Gasteiger charge is 2.59. The van der Waals surface area contributed by atoms with Crippen molar-refractivity contribution in [2.45, 2.75) is 152 Å². The Morgan fingerprint density at radius 3 is 2.35 bits per heavy atom. The third kappa shape index (κ3) is 7.83. The van der Waals surface area contributed by atoms with Gasteiger partial charge >= 0.3 is 0 Å². The SMILES string of the molecule is C.C.COCCCC(=O)CCCO[C@@H]1CC[C@]2(C)C(=CC[C@@H]3[C@H]4CC[C@@H]([C@@H](C)CCCC(C)C)[C@]4(C)CC[C@H]32)C1. The second-order valence-electron chi connectivity index (χ2n) is 14.8. The highest BCUT2D eigenvalue weighted by molar-refractivity contribution is 5.78. The summed E-state index contributed by atoms with van der Waals surface area (Å²) in [4.78, 5) is 12.0. The number of methoxy groups -OCH3 is 1. The van der Waals surface area contributed by atoms with Crippen LogP contribution in [0.25, 0.3) is 0 Å². The smallest absolute Gasteiger partial charge is 0.133 e. The first-order valence-electron chi connectivity index (χ1n) is 16.5. The zero-order chi connectivity index (χ0) is 27.3. The van der Waals surface area contributed by atoms with Gasteiger partial charge in [-0.05, 0) is 111 Å². The van der Waals surface area contributed by atoms with Crippen LogP contribution in [0, 0.1) is 46.3 Å². The van der Waals surface area contributed by atoms with Crippen molar-refractivity contribution in [2.24, 2.45) is 46.3 Å². The minimum Gasteiger partial charge on any atom is -0.385 e. The third-order valence-electron chi connectivity index (χ3n) is 12.0. The summed E-state index contributed by atoms with van der Waals surface area (Å²) in [5.41, 5.74) is 2.68. The van der Waals surface area contributed by atoms with E-state index in [1.807, 2.05) is 0 Å². The molecule has 0 heterocycles. The average molecular weight is 561 g/mol. The Hall–Kier alpha value is -0.670. The van der Waals surface area contributed by atoms with Crippen LogP contribution in [0.2, 0.25) is 0 Å². The molecule has 0 aromatic carbocycles. The minimum absolute atomic E-state index is 0. The molecular formula is C37H68O3. The van der Waals surface area contributed by atoms with Crippen molar-refractivity contribution >= 4 is 5.78 Å².